The summed E-state index contributed by atoms with van der Waals surface area (Å²) in [6.07, 6.45) is -2.35. The van der Waals surface area contributed by atoms with E-state index in [1.165, 1.54) is 17.2 Å². The number of halogens is 1. The second kappa shape index (κ2) is 4.31. The molecule has 0 aliphatic carbocycles. The maximum atomic E-state index is 13.9. The molecule has 20 heavy (non-hydrogen) atoms. The molecule has 1 aliphatic heterocycles. The van der Waals surface area contributed by atoms with E-state index in [-0.39, 0.29) is 17.0 Å². The van der Waals surface area contributed by atoms with E-state index in [4.69, 9.17) is 15.6 Å². The van der Waals surface area contributed by atoms with Gasteiger partial charge < -0.3 is 25.8 Å². The third kappa shape index (κ3) is 1.66. The van der Waals surface area contributed by atoms with Crippen LogP contribution >= 0.6 is 0 Å². The van der Waals surface area contributed by atoms with E-state index < -0.39 is 30.9 Å². The summed E-state index contributed by atoms with van der Waals surface area (Å²) in [5, 5.41) is 28.3. The molecule has 4 unspecified atom stereocenters. The van der Waals surface area contributed by atoms with E-state index >= 15 is 0 Å². The van der Waals surface area contributed by atoms with Gasteiger partial charge in [0.1, 0.15) is 17.9 Å². The van der Waals surface area contributed by atoms with Crippen LogP contribution in [0.2, 0.25) is 0 Å². The number of nitrogen functional groups attached to an aromatic ring is 1. The molecule has 1 aliphatic rings. The molecule has 0 radical (unpaired) electrons. The molecule has 5 N–H and O–H groups in total. The summed E-state index contributed by atoms with van der Waals surface area (Å²) in [7, 11) is 0. The fourth-order valence-electron chi connectivity index (χ4n) is 2.17. The lowest BCUT2D eigenvalue weighted by atomic mass is 10.1. The molecular weight excluding hydrogens is 273 g/mol. The number of ether oxygens (including phenoxy) is 1. The van der Waals surface area contributed by atoms with Gasteiger partial charge in [0.15, 0.2) is 23.8 Å². The van der Waals surface area contributed by atoms with E-state index in [1.807, 2.05) is 0 Å². The van der Waals surface area contributed by atoms with Crippen LogP contribution in [-0.4, -0.2) is 59.5 Å². The maximum Gasteiger partial charge on any atom is 0.266 e. The van der Waals surface area contributed by atoms with Crippen LogP contribution in [0.5, 0.6) is 0 Å². The summed E-state index contributed by atoms with van der Waals surface area (Å²) >= 11 is 0. The second-order valence-corrected chi connectivity index (χ2v) is 4.45. The van der Waals surface area contributed by atoms with E-state index in [0.29, 0.717) is 0 Å². The quantitative estimate of drug-likeness (QED) is 0.513. The van der Waals surface area contributed by atoms with Crippen molar-refractivity contribution in [2.45, 2.75) is 24.3 Å². The predicted molar refractivity (Wildman–Crippen MR) is 62.8 cm³/mol. The van der Waals surface area contributed by atoms with Crippen LogP contribution in [0.1, 0.15) is 6.23 Å². The average Bonchev–Trinajstić information content (AvgIpc) is 2.92. The first-order valence-electron chi connectivity index (χ1n) is 5.75. The van der Waals surface area contributed by atoms with Crippen molar-refractivity contribution in [2.24, 2.45) is 0 Å². The number of anilines is 1. The summed E-state index contributed by atoms with van der Waals surface area (Å²) in [4.78, 5) is 11.6. The van der Waals surface area contributed by atoms with Crippen LogP contribution in [0.25, 0.3) is 11.2 Å². The van der Waals surface area contributed by atoms with Crippen molar-refractivity contribution in [3.05, 3.63) is 12.7 Å². The van der Waals surface area contributed by atoms with Gasteiger partial charge in [0.05, 0.1) is 12.9 Å². The highest BCUT2D eigenvalue weighted by atomic mass is 19.2. The molecule has 2 aromatic rings. The van der Waals surface area contributed by atoms with Gasteiger partial charge in [-0.3, -0.25) is 4.57 Å². The molecule has 0 aromatic carbocycles. The van der Waals surface area contributed by atoms with Gasteiger partial charge >= 0.3 is 0 Å². The molecule has 10 heteroatoms. The number of imidazole rings is 1. The van der Waals surface area contributed by atoms with Crippen molar-refractivity contribution in [3.63, 3.8) is 0 Å². The summed E-state index contributed by atoms with van der Waals surface area (Å²) in [6.45, 7) is -0.787. The maximum absolute atomic E-state index is 13.9. The molecule has 0 bridgehead atoms. The van der Waals surface area contributed by atoms with Crippen LogP contribution < -0.4 is 5.73 Å². The number of aliphatic hydroxyl groups excluding tert-OH is 2. The van der Waals surface area contributed by atoms with Crippen molar-refractivity contribution in [1.82, 2.24) is 19.5 Å². The standard InChI is InChI=1S/C10H12FN5O4/c11-10(19)4(1-17)20-9(6(10)18)16-3-15-5-7(12)13-2-14-8(5)16/h2-4,6,9,17-19H,1H2,(H2,12,13,14). The monoisotopic (exact) mass is 285 g/mol. The number of nitrogens with two attached hydrogens (primary N) is 1. The third-order valence-electron chi connectivity index (χ3n) is 3.27. The van der Waals surface area contributed by atoms with Gasteiger partial charge in [0.2, 0.25) is 0 Å². The number of hydrogen-bond donors (Lipinski definition) is 4. The smallest absolute Gasteiger partial charge is 0.266 e. The Kier molecular flexibility index (Phi) is 2.83. The van der Waals surface area contributed by atoms with Gasteiger partial charge in [-0.2, -0.15) is 0 Å². The lowest BCUT2D eigenvalue weighted by molar-refractivity contribution is -0.181. The summed E-state index contributed by atoms with van der Waals surface area (Å²) < 4.78 is 20.3. The SMILES string of the molecule is Nc1ncnc2c1ncn2C1OC(CO)C(O)(F)C1O. The van der Waals surface area contributed by atoms with Gasteiger partial charge in [0, 0.05) is 0 Å². The first-order valence-corrected chi connectivity index (χ1v) is 5.75. The molecule has 4 atom stereocenters. The number of fused-ring (bicyclic) bond motifs is 1. The van der Waals surface area contributed by atoms with E-state index in [2.05, 4.69) is 15.0 Å². The number of hydrogen-bond acceptors (Lipinski definition) is 8. The number of alkyl halides is 1. The van der Waals surface area contributed by atoms with Gasteiger partial charge in [-0.25, -0.2) is 19.3 Å². The molecule has 9 nitrogen and oxygen atoms in total. The van der Waals surface area contributed by atoms with Crippen molar-refractivity contribution in [1.29, 1.82) is 0 Å². The van der Waals surface area contributed by atoms with Gasteiger partial charge in [-0.15, -0.1) is 0 Å². The molecular formula is C10H12FN5O4. The van der Waals surface area contributed by atoms with E-state index in [1.54, 1.807) is 0 Å². The van der Waals surface area contributed by atoms with Crippen LogP contribution in [-0.2, 0) is 4.74 Å². The normalized spacial score (nSPS) is 33.9. The largest absolute Gasteiger partial charge is 0.393 e. The van der Waals surface area contributed by atoms with Crippen LogP contribution in [0.4, 0.5) is 10.2 Å². The number of aromatic nitrogens is 4. The van der Waals surface area contributed by atoms with Crippen molar-refractivity contribution in [3.8, 4) is 0 Å². The molecule has 0 amide bonds. The Morgan fingerprint density at radius 1 is 1.45 bits per heavy atom. The van der Waals surface area contributed by atoms with Gasteiger partial charge in [-0.05, 0) is 0 Å². The first-order chi connectivity index (χ1) is 9.46. The van der Waals surface area contributed by atoms with E-state index in [9.17, 15) is 14.6 Å². The average molecular weight is 285 g/mol. The fourth-order valence-corrected chi connectivity index (χ4v) is 2.17. The fraction of sp³-hybridized carbons (Fsp3) is 0.500. The van der Waals surface area contributed by atoms with Gasteiger partial charge in [0.25, 0.3) is 5.85 Å². The highest BCUT2D eigenvalue weighted by molar-refractivity contribution is 5.81. The topological polar surface area (TPSA) is 140 Å². The Hall–Kier alpha value is -1.88. The molecule has 1 saturated heterocycles. The molecule has 108 valence electrons. The molecule has 3 heterocycles. The minimum Gasteiger partial charge on any atom is -0.393 e. The second-order valence-electron chi connectivity index (χ2n) is 4.45. The Balaban J connectivity index is 2.06. The number of aliphatic hydroxyl groups is 3. The molecule has 3 rings (SSSR count). The van der Waals surface area contributed by atoms with Crippen LogP contribution in [0.15, 0.2) is 12.7 Å². The Morgan fingerprint density at radius 2 is 2.20 bits per heavy atom. The lowest BCUT2D eigenvalue weighted by Crippen LogP contribution is -2.44. The summed E-state index contributed by atoms with van der Waals surface area (Å²) in [5.41, 5.74) is 6.10. The minimum absolute atomic E-state index is 0.121. The third-order valence-corrected chi connectivity index (χ3v) is 3.27. The Morgan fingerprint density at radius 3 is 2.85 bits per heavy atom. The summed E-state index contributed by atoms with van der Waals surface area (Å²) in [5.74, 6) is -2.95. The van der Waals surface area contributed by atoms with E-state index in [0.717, 1.165) is 0 Å². The lowest BCUT2D eigenvalue weighted by Gasteiger charge is -2.20. The van der Waals surface area contributed by atoms with Crippen LogP contribution in [0.3, 0.4) is 0 Å². The zero-order chi connectivity index (χ0) is 14.5. The highest BCUT2D eigenvalue weighted by Gasteiger charge is 2.57. The summed E-state index contributed by atoms with van der Waals surface area (Å²) in [6, 6.07) is 0. The minimum atomic E-state index is -3.07. The van der Waals surface area contributed by atoms with Crippen molar-refractivity contribution in [2.75, 3.05) is 12.3 Å². The first kappa shape index (κ1) is 13.1. The molecule has 0 spiro atoms. The van der Waals surface area contributed by atoms with Crippen molar-refractivity contribution >= 4 is 17.0 Å². The van der Waals surface area contributed by atoms with Crippen molar-refractivity contribution < 1.29 is 24.4 Å². The molecule has 1 fully saturated rings. The van der Waals surface area contributed by atoms with Gasteiger partial charge in [-0.1, -0.05) is 0 Å². The molecule has 2 aromatic heterocycles. The zero-order valence-corrected chi connectivity index (χ0v) is 10.1. The number of rotatable bonds is 2. The Bertz CT molecular complexity index is 648. The molecule has 0 saturated carbocycles. The zero-order valence-electron chi connectivity index (χ0n) is 10.1. The highest BCUT2D eigenvalue weighted by Crippen LogP contribution is 2.39. The Labute approximate surface area is 111 Å². The predicted octanol–water partition coefficient (Wildman–Crippen LogP) is -1.68. The number of nitrogens with zero attached hydrogens (tertiary/aromatic N) is 4. The van der Waals surface area contributed by atoms with Crippen LogP contribution in [0, 0.1) is 0 Å².